The number of hydrogen-bond acceptors (Lipinski definition) is 4. The van der Waals surface area contributed by atoms with Gasteiger partial charge in [0, 0.05) is 31.4 Å². The molecule has 6 heteroatoms. The standard InChI is InChI=1S/C20H29N3O3/c1-13(2)22-16-6-5-14(3)11-15(16)18(25)23-10-7-17(24)20(12-23)8-4-9-21-19(20)26/h5-6,11,13,17,22,24H,4,7-10,12H2,1-3H3,(H,21,26)/t17-,20+/m0/s1. The van der Waals surface area contributed by atoms with E-state index in [1.54, 1.807) is 4.90 Å². The zero-order chi connectivity index (χ0) is 18.9. The van der Waals surface area contributed by atoms with Gasteiger partial charge in [0.2, 0.25) is 5.91 Å². The largest absolute Gasteiger partial charge is 0.392 e. The second-order valence-corrected chi connectivity index (χ2v) is 7.89. The zero-order valence-electron chi connectivity index (χ0n) is 15.8. The molecule has 2 atom stereocenters. The number of anilines is 1. The van der Waals surface area contributed by atoms with Crippen LogP contribution in [0.25, 0.3) is 0 Å². The van der Waals surface area contributed by atoms with Crippen molar-refractivity contribution in [3.63, 3.8) is 0 Å². The molecule has 0 aliphatic carbocycles. The Morgan fingerprint density at radius 1 is 1.42 bits per heavy atom. The van der Waals surface area contributed by atoms with Crippen LogP contribution in [0, 0.1) is 12.3 Å². The number of carbonyl (C=O) groups is 2. The van der Waals surface area contributed by atoms with Gasteiger partial charge in [-0.1, -0.05) is 11.6 Å². The Bertz CT molecular complexity index is 704. The molecule has 2 aliphatic heterocycles. The molecule has 0 saturated carbocycles. The Balaban J connectivity index is 1.88. The summed E-state index contributed by atoms with van der Waals surface area (Å²) in [6.07, 6.45) is 1.18. The van der Waals surface area contributed by atoms with Gasteiger partial charge in [0.25, 0.3) is 5.91 Å². The number of amides is 2. The van der Waals surface area contributed by atoms with Gasteiger partial charge in [-0.25, -0.2) is 0 Å². The second-order valence-electron chi connectivity index (χ2n) is 7.89. The van der Waals surface area contributed by atoms with E-state index in [0.717, 1.165) is 17.7 Å². The Morgan fingerprint density at radius 3 is 2.88 bits per heavy atom. The van der Waals surface area contributed by atoms with Crippen LogP contribution in [-0.2, 0) is 4.79 Å². The molecule has 0 bridgehead atoms. The van der Waals surface area contributed by atoms with E-state index in [9.17, 15) is 14.7 Å². The lowest BCUT2D eigenvalue weighted by Crippen LogP contribution is -2.62. The van der Waals surface area contributed by atoms with Gasteiger partial charge in [0.05, 0.1) is 17.1 Å². The highest BCUT2D eigenvalue weighted by Crippen LogP contribution is 2.38. The molecule has 1 spiro atoms. The number of rotatable bonds is 3. The molecule has 1 aromatic rings. The molecule has 2 fully saturated rings. The summed E-state index contributed by atoms with van der Waals surface area (Å²) in [5.41, 5.74) is 1.58. The summed E-state index contributed by atoms with van der Waals surface area (Å²) >= 11 is 0. The van der Waals surface area contributed by atoms with Crippen LogP contribution in [0.2, 0.25) is 0 Å². The van der Waals surface area contributed by atoms with E-state index in [1.807, 2.05) is 39.0 Å². The Hall–Kier alpha value is -2.08. The topological polar surface area (TPSA) is 81.7 Å². The fraction of sp³-hybridized carbons (Fsp3) is 0.600. The van der Waals surface area contributed by atoms with Crippen molar-refractivity contribution in [3.8, 4) is 0 Å². The van der Waals surface area contributed by atoms with Gasteiger partial charge in [0.1, 0.15) is 0 Å². The molecule has 0 radical (unpaired) electrons. The first-order valence-electron chi connectivity index (χ1n) is 9.46. The minimum atomic E-state index is -0.873. The summed E-state index contributed by atoms with van der Waals surface area (Å²) in [5.74, 6) is -0.208. The summed E-state index contributed by atoms with van der Waals surface area (Å²) in [6.45, 7) is 7.41. The van der Waals surface area contributed by atoms with Crippen molar-refractivity contribution in [1.29, 1.82) is 0 Å². The van der Waals surface area contributed by atoms with Crippen LogP contribution in [0.5, 0.6) is 0 Å². The predicted molar refractivity (Wildman–Crippen MR) is 101 cm³/mol. The molecule has 0 aromatic heterocycles. The van der Waals surface area contributed by atoms with Gasteiger partial charge in [0.15, 0.2) is 0 Å². The first-order valence-corrected chi connectivity index (χ1v) is 9.46. The Morgan fingerprint density at radius 2 is 2.19 bits per heavy atom. The van der Waals surface area contributed by atoms with Crippen molar-refractivity contribution >= 4 is 17.5 Å². The van der Waals surface area contributed by atoms with Gasteiger partial charge in [-0.3, -0.25) is 9.59 Å². The first kappa shape index (κ1) is 18.7. The molecule has 1 aromatic carbocycles. The van der Waals surface area contributed by atoms with E-state index >= 15 is 0 Å². The van der Waals surface area contributed by atoms with Gasteiger partial charge in [-0.15, -0.1) is 0 Å². The molecular formula is C20H29N3O3. The molecule has 26 heavy (non-hydrogen) atoms. The number of aliphatic hydroxyl groups is 1. The molecular weight excluding hydrogens is 330 g/mol. The van der Waals surface area contributed by atoms with E-state index in [-0.39, 0.29) is 24.4 Å². The van der Waals surface area contributed by atoms with E-state index in [0.29, 0.717) is 31.5 Å². The predicted octanol–water partition coefficient (Wildman–Crippen LogP) is 1.92. The van der Waals surface area contributed by atoms with Crippen molar-refractivity contribution < 1.29 is 14.7 Å². The summed E-state index contributed by atoms with van der Waals surface area (Å²) in [7, 11) is 0. The minimum absolute atomic E-state index is 0.0819. The van der Waals surface area contributed by atoms with E-state index in [2.05, 4.69) is 10.6 Å². The SMILES string of the molecule is Cc1ccc(NC(C)C)c(C(=O)N2CC[C@H](O)[C@@]3(CCCNC3=O)C2)c1. The molecule has 2 heterocycles. The van der Waals surface area contributed by atoms with Gasteiger partial charge in [-0.05, 0) is 52.2 Å². The third-order valence-corrected chi connectivity index (χ3v) is 5.46. The van der Waals surface area contributed by atoms with Crippen molar-refractivity contribution in [1.82, 2.24) is 10.2 Å². The zero-order valence-corrected chi connectivity index (χ0v) is 15.8. The highest BCUT2D eigenvalue weighted by atomic mass is 16.3. The number of hydrogen-bond donors (Lipinski definition) is 3. The molecule has 3 N–H and O–H groups in total. The number of nitrogens with one attached hydrogen (secondary N) is 2. The number of likely N-dealkylation sites (tertiary alicyclic amines) is 1. The number of piperidine rings is 2. The molecule has 2 aliphatic rings. The smallest absolute Gasteiger partial charge is 0.255 e. The molecule has 142 valence electrons. The number of nitrogens with zero attached hydrogens (tertiary/aromatic N) is 1. The van der Waals surface area contributed by atoms with Gasteiger partial charge >= 0.3 is 0 Å². The van der Waals surface area contributed by atoms with Crippen LogP contribution >= 0.6 is 0 Å². The average Bonchev–Trinajstić information content (AvgIpc) is 2.60. The van der Waals surface area contributed by atoms with Gasteiger partial charge < -0.3 is 20.6 Å². The van der Waals surface area contributed by atoms with Crippen LogP contribution in [0.1, 0.15) is 49.0 Å². The Kier molecular flexibility index (Phi) is 5.23. The number of carbonyl (C=O) groups excluding carboxylic acids is 2. The summed E-state index contributed by atoms with van der Waals surface area (Å²) < 4.78 is 0. The highest BCUT2D eigenvalue weighted by Gasteiger charge is 2.50. The summed E-state index contributed by atoms with van der Waals surface area (Å²) in [4.78, 5) is 27.5. The van der Waals surface area contributed by atoms with Crippen molar-refractivity contribution in [2.45, 2.75) is 52.2 Å². The minimum Gasteiger partial charge on any atom is -0.392 e. The van der Waals surface area contributed by atoms with E-state index < -0.39 is 11.5 Å². The van der Waals surface area contributed by atoms with E-state index in [4.69, 9.17) is 0 Å². The number of benzene rings is 1. The highest BCUT2D eigenvalue weighted by molar-refractivity contribution is 6.00. The second kappa shape index (κ2) is 7.27. The van der Waals surface area contributed by atoms with Crippen molar-refractivity contribution in [2.75, 3.05) is 25.0 Å². The maximum absolute atomic E-state index is 13.3. The molecule has 0 unspecified atom stereocenters. The monoisotopic (exact) mass is 359 g/mol. The van der Waals surface area contributed by atoms with Gasteiger partial charge in [-0.2, -0.15) is 0 Å². The van der Waals surface area contributed by atoms with Crippen LogP contribution in [-0.4, -0.2) is 53.6 Å². The van der Waals surface area contributed by atoms with Crippen LogP contribution in [0.4, 0.5) is 5.69 Å². The van der Waals surface area contributed by atoms with Crippen molar-refractivity contribution in [2.24, 2.45) is 5.41 Å². The number of aryl methyl sites for hydroxylation is 1. The quantitative estimate of drug-likeness (QED) is 0.770. The third kappa shape index (κ3) is 3.43. The van der Waals surface area contributed by atoms with Crippen LogP contribution < -0.4 is 10.6 Å². The lowest BCUT2D eigenvalue weighted by molar-refractivity contribution is -0.147. The molecule has 6 nitrogen and oxygen atoms in total. The first-order chi connectivity index (χ1) is 12.3. The average molecular weight is 359 g/mol. The fourth-order valence-corrected chi connectivity index (χ4v) is 4.06. The number of aliphatic hydroxyl groups excluding tert-OH is 1. The maximum atomic E-state index is 13.3. The van der Waals surface area contributed by atoms with Crippen molar-refractivity contribution in [3.05, 3.63) is 29.3 Å². The summed E-state index contributed by atoms with van der Waals surface area (Å²) in [5, 5.41) is 16.7. The fourth-order valence-electron chi connectivity index (χ4n) is 4.06. The van der Waals surface area contributed by atoms with E-state index in [1.165, 1.54) is 0 Å². The van der Waals surface area contributed by atoms with Crippen LogP contribution in [0.15, 0.2) is 18.2 Å². The normalized spacial score (nSPS) is 26.1. The lowest BCUT2D eigenvalue weighted by Gasteiger charge is -2.47. The summed E-state index contributed by atoms with van der Waals surface area (Å²) in [6, 6.07) is 6.02. The lowest BCUT2D eigenvalue weighted by atomic mass is 9.71. The molecule has 3 rings (SSSR count). The third-order valence-electron chi connectivity index (χ3n) is 5.46. The molecule has 2 amide bonds. The maximum Gasteiger partial charge on any atom is 0.255 e. The van der Waals surface area contributed by atoms with Crippen LogP contribution in [0.3, 0.4) is 0 Å². The molecule has 2 saturated heterocycles. The Labute approximate surface area is 155 Å².